The Hall–Kier alpha value is -1.94. The lowest BCUT2D eigenvalue weighted by Gasteiger charge is -2.09. The van der Waals surface area contributed by atoms with E-state index in [1.807, 2.05) is 25.1 Å². The van der Waals surface area contributed by atoms with Gasteiger partial charge in [-0.15, -0.1) is 0 Å². The first kappa shape index (κ1) is 13.5. The summed E-state index contributed by atoms with van der Waals surface area (Å²) in [5.41, 5.74) is 8.83. The Morgan fingerprint density at radius 2 is 1.68 bits per heavy atom. The van der Waals surface area contributed by atoms with Crippen molar-refractivity contribution in [3.63, 3.8) is 0 Å². The molecule has 0 aliphatic heterocycles. The van der Waals surface area contributed by atoms with Crippen molar-refractivity contribution in [1.29, 1.82) is 0 Å². The summed E-state index contributed by atoms with van der Waals surface area (Å²) in [6, 6.07) is 14.1. The number of hydrogen-bond acceptors (Lipinski definition) is 3. The van der Waals surface area contributed by atoms with Gasteiger partial charge < -0.3 is 10.9 Å². The number of nitrogens with two attached hydrogens (primary N) is 1. The highest BCUT2D eigenvalue weighted by Crippen LogP contribution is 2.31. The minimum Gasteiger partial charge on any atom is -0.409 e. The number of benzene rings is 2. The lowest BCUT2D eigenvalue weighted by atomic mass is 10.1. The van der Waals surface area contributed by atoms with Crippen molar-refractivity contribution in [2.75, 3.05) is 0 Å². The van der Waals surface area contributed by atoms with Crippen LogP contribution in [-0.2, 0) is 0 Å². The van der Waals surface area contributed by atoms with Crippen molar-refractivity contribution in [1.82, 2.24) is 0 Å². The van der Waals surface area contributed by atoms with E-state index in [0.717, 1.165) is 20.9 Å². The van der Waals surface area contributed by atoms with Crippen molar-refractivity contribution >= 4 is 17.6 Å². The van der Waals surface area contributed by atoms with Crippen molar-refractivity contribution in [2.45, 2.75) is 23.6 Å². The van der Waals surface area contributed by atoms with E-state index in [4.69, 9.17) is 10.9 Å². The SMILES string of the molecule is Cc1ccc(Sc2cc(C)ccc2C(N)=NO)cc1. The van der Waals surface area contributed by atoms with E-state index in [9.17, 15) is 0 Å². The zero-order chi connectivity index (χ0) is 13.8. The average molecular weight is 272 g/mol. The van der Waals surface area contributed by atoms with Crippen LogP contribution in [0, 0.1) is 13.8 Å². The monoisotopic (exact) mass is 272 g/mol. The lowest BCUT2D eigenvalue weighted by Crippen LogP contribution is -2.14. The fraction of sp³-hybridized carbons (Fsp3) is 0.133. The maximum absolute atomic E-state index is 8.84. The van der Waals surface area contributed by atoms with Gasteiger partial charge in [-0.05, 0) is 43.7 Å². The van der Waals surface area contributed by atoms with Crippen LogP contribution in [0.2, 0.25) is 0 Å². The van der Waals surface area contributed by atoms with E-state index < -0.39 is 0 Å². The molecule has 0 atom stereocenters. The zero-order valence-corrected chi connectivity index (χ0v) is 11.7. The van der Waals surface area contributed by atoms with Gasteiger partial charge in [0.05, 0.1) is 0 Å². The minimum atomic E-state index is 0.134. The van der Waals surface area contributed by atoms with Crippen LogP contribution in [0.4, 0.5) is 0 Å². The minimum absolute atomic E-state index is 0.134. The molecule has 0 radical (unpaired) electrons. The van der Waals surface area contributed by atoms with Gasteiger partial charge in [-0.3, -0.25) is 0 Å². The van der Waals surface area contributed by atoms with E-state index in [1.54, 1.807) is 11.8 Å². The van der Waals surface area contributed by atoms with E-state index in [-0.39, 0.29) is 5.84 Å². The van der Waals surface area contributed by atoms with Crippen molar-refractivity contribution in [3.8, 4) is 0 Å². The van der Waals surface area contributed by atoms with Crippen LogP contribution in [0.3, 0.4) is 0 Å². The Morgan fingerprint density at radius 3 is 2.32 bits per heavy atom. The van der Waals surface area contributed by atoms with Crippen LogP contribution in [0.1, 0.15) is 16.7 Å². The van der Waals surface area contributed by atoms with Crippen LogP contribution < -0.4 is 5.73 Å². The molecule has 0 heterocycles. The predicted molar refractivity (Wildman–Crippen MR) is 79.0 cm³/mol. The van der Waals surface area contributed by atoms with E-state index >= 15 is 0 Å². The van der Waals surface area contributed by atoms with Gasteiger partial charge in [-0.25, -0.2) is 0 Å². The lowest BCUT2D eigenvalue weighted by molar-refractivity contribution is 0.318. The molecule has 2 rings (SSSR count). The van der Waals surface area contributed by atoms with Gasteiger partial charge in [-0.1, -0.05) is 40.7 Å². The molecule has 2 aromatic carbocycles. The number of amidine groups is 1. The molecule has 0 bridgehead atoms. The summed E-state index contributed by atoms with van der Waals surface area (Å²) in [4.78, 5) is 2.11. The van der Waals surface area contributed by atoms with Crippen LogP contribution in [-0.4, -0.2) is 11.0 Å². The average Bonchev–Trinajstić information content (AvgIpc) is 2.41. The molecule has 2 aromatic rings. The second-order valence-electron chi connectivity index (χ2n) is 4.40. The van der Waals surface area contributed by atoms with Crippen LogP contribution in [0.5, 0.6) is 0 Å². The Labute approximate surface area is 117 Å². The summed E-state index contributed by atoms with van der Waals surface area (Å²) >= 11 is 1.61. The molecular weight excluding hydrogens is 256 g/mol. The molecule has 3 N–H and O–H groups in total. The second-order valence-corrected chi connectivity index (χ2v) is 5.52. The topological polar surface area (TPSA) is 58.6 Å². The predicted octanol–water partition coefficient (Wildman–Crippen LogP) is 3.55. The first-order chi connectivity index (χ1) is 9.10. The molecule has 0 aliphatic rings. The van der Waals surface area contributed by atoms with E-state index in [0.29, 0.717) is 0 Å². The molecule has 0 saturated heterocycles. The first-order valence-electron chi connectivity index (χ1n) is 5.93. The zero-order valence-electron chi connectivity index (χ0n) is 10.9. The Balaban J connectivity index is 2.38. The molecule has 19 heavy (non-hydrogen) atoms. The molecule has 0 fully saturated rings. The van der Waals surface area contributed by atoms with E-state index in [1.165, 1.54) is 5.56 Å². The van der Waals surface area contributed by atoms with Gasteiger partial charge in [0.1, 0.15) is 0 Å². The third-order valence-corrected chi connectivity index (χ3v) is 3.84. The third kappa shape index (κ3) is 3.29. The molecule has 0 amide bonds. The summed E-state index contributed by atoms with van der Waals surface area (Å²) < 4.78 is 0. The highest BCUT2D eigenvalue weighted by Gasteiger charge is 2.09. The number of hydrogen-bond donors (Lipinski definition) is 2. The van der Waals surface area contributed by atoms with E-state index in [2.05, 4.69) is 36.3 Å². The maximum atomic E-state index is 8.84. The molecule has 4 heteroatoms. The standard InChI is InChI=1S/C15H16N2OS/c1-10-3-6-12(7-4-10)19-14-9-11(2)5-8-13(14)15(16)17-18/h3-9,18H,1-2H3,(H2,16,17). The molecule has 0 saturated carbocycles. The molecule has 0 spiro atoms. The second kappa shape index (κ2) is 5.80. The van der Waals surface area contributed by atoms with Gasteiger partial charge >= 0.3 is 0 Å². The molecule has 0 aliphatic carbocycles. The summed E-state index contributed by atoms with van der Waals surface area (Å²) in [6.45, 7) is 4.08. The summed E-state index contributed by atoms with van der Waals surface area (Å²) in [5.74, 6) is 0.134. The molecule has 98 valence electrons. The van der Waals surface area contributed by atoms with Crippen molar-refractivity contribution in [3.05, 3.63) is 59.2 Å². The molecular formula is C15H16N2OS. The van der Waals surface area contributed by atoms with Crippen LogP contribution >= 0.6 is 11.8 Å². The number of rotatable bonds is 3. The molecule has 0 unspecified atom stereocenters. The summed E-state index contributed by atoms with van der Waals surface area (Å²) in [7, 11) is 0. The van der Waals surface area contributed by atoms with Crippen LogP contribution in [0.25, 0.3) is 0 Å². The van der Waals surface area contributed by atoms with Gasteiger partial charge in [0, 0.05) is 15.4 Å². The number of nitrogens with zero attached hydrogens (tertiary/aromatic N) is 1. The van der Waals surface area contributed by atoms with Crippen molar-refractivity contribution < 1.29 is 5.21 Å². The largest absolute Gasteiger partial charge is 0.409 e. The van der Waals surface area contributed by atoms with Crippen molar-refractivity contribution in [2.24, 2.45) is 10.9 Å². The van der Waals surface area contributed by atoms with Crippen LogP contribution in [0.15, 0.2) is 57.4 Å². The highest BCUT2D eigenvalue weighted by atomic mass is 32.2. The van der Waals surface area contributed by atoms with Gasteiger partial charge in [0.2, 0.25) is 0 Å². The summed E-state index contributed by atoms with van der Waals surface area (Å²) in [5, 5.41) is 11.9. The number of oxime groups is 1. The normalized spacial score (nSPS) is 11.6. The maximum Gasteiger partial charge on any atom is 0.171 e. The van der Waals surface area contributed by atoms with Gasteiger partial charge in [0.15, 0.2) is 5.84 Å². The summed E-state index contributed by atoms with van der Waals surface area (Å²) in [6.07, 6.45) is 0. The fourth-order valence-corrected chi connectivity index (χ4v) is 2.77. The smallest absolute Gasteiger partial charge is 0.171 e. The first-order valence-corrected chi connectivity index (χ1v) is 6.75. The highest BCUT2D eigenvalue weighted by molar-refractivity contribution is 7.99. The quantitative estimate of drug-likeness (QED) is 0.389. The third-order valence-electron chi connectivity index (χ3n) is 2.77. The number of aryl methyl sites for hydroxylation is 2. The van der Waals surface area contributed by atoms with Gasteiger partial charge in [0.25, 0.3) is 0 Å². The molecule has 3 nitrogen and oxygen atoms in total. The Kier molecular flexibility index (Phi) is 4.12. The molecule has 0 aromatic heterocycles. The Morgan fingerprint density at radius 1 is 1.05 bits per heavy atom. The van der Waals surface area contributed by atoms with Gasteiger partial charge in [-0.2, -0.15) is 0 Å². The Bertz CT molecular complexity index is 606. The fourth-order valence-electron chi connectivity index (χ4n) is 1.71.